The fraction of sp³-hybridized carbons (Fsp3) is 0.562. The zero-order chi connectivity index (χ0) is 18.8. The van der Waals surface area contributed by atoms with Gasteiger partial charge < -0.3 is 15.5 Å². The second-order valence-electron chi connectivity index (χ2n) is 6.32. The van der Waals surface area contributed by atoms with Crippen molar-refractivity contribution in [1.29, 1.82) is 0 Å². The Hall–Kier alpha value is -2.16. The van der Waals surface area contributed by atoms with E-state index in [4.69, 9.17) is 5.73 Å². The zero-order valence-corrected chi connectivity index (χ0v) is 14.1. The molecule has 1 aliphatic rings. The number of hydrogen-bond acceptors (Lipinski definition) is 4. The predicted octanol–water partition coefficient (Wildman–Crippen LogP) is 1.37. The van der Waals surface area contributed by atoms with E-state index in [0.29, 0.717) is 19.3 Å². The molecule has 1 aliphatic heterocycles. The standard InChI is InChI=1S/C16H21F3N4O2/c1-10(2)13(20)15(25)23-7-5-22(6-8-23)14(24)12-4-3-11(9-21-12)16(17,18)19/h3-4,9-10,13H,5-8,20H2,1-2H3/t13-/m0/s1. The molecule has 0 saturated carbocycles. The predicted molar refractivity (Wildman–Crippen MR) is 84.5 cm³/mol. The summed E-state index contributed by atoms with van der Waals surface area (Å²) in [7, 11) is 0. The number of amides is 2. The number of piperazine rings is 1. The lowest BCUT2D eigenvalue weighted by Gasteiger charge is -2.36. The lowest BCUT2D eigenvalue weighted by molar-refractivity contribution is -0.138. The van der Waals surface area contributed by atoms with E-state index in [-0.39, 0.29) is 30.6 Å². The SMILES string of the molecule is CC(C)[C@H](N)C(=O)N1CCN(C(=O)c2ccc(C(F)(F)F)cn2)CC1. The molecule has 1 saturated heterocycles. The zero-order valence-electron chi connectivity index (χ0n) is 14.1. The third-order valence-corrected chi connectivity index (χ3v) is 4.19. The minimum Gasteiger partial charge on any atom is -0.338 e. The number of nitrogens with zero attached hydrogens (tertiary/aromatic N) is 3. The monoisotopic (exact) mass is 358 g/mol. The maximum atomic E-state index is 12.5. The highest BCUT2D eigenvalue weighted by molar-refractivity contribution is 5.92. The summed E-state index contributed by atoms with van der Waals surface area (Å²) >= 11 is 0. The average molecular weight is 358 g/mol. The first kappa shape index (κ1) is 19.2. The summed E-state index contributed by atoms with van der Waals surface area (Å²) in [6.07, 6.45) is -3.84. The lowest BCUT2D eigenvalue weighted by atomic mass is 10.0. The number of rotatable bonds is 3. The lowest BCUT2D eigenvalue weighted by Crippen LogP contribution is -2.55. The number of alkyl halides is 3. The summed E-state index contributed by atoms with van der Waals surface area (Å²) in [4.78, 5) is 31.2. The van der Waals surface area contributed by atoms with Gasteiger partial charge in [0.05, 0.1) is 11.6 Å². The highest BCUT2D eigenvalue weighted by Crippen LogP contribution is 2.28. The molecule has 6 nitrogen and oxygen atoms in total. The first-order chi connectivity index (χ1) is 11.6. The van der Waals surface area contributed by atoms with Crippen molar-refractivity contribution in [1.82, 2.24) is 14.8 Å². The van der Waals surface area contributed by atoms with E-state index in [1.165, 1.54) is 4.90 Å². The fourth-order valence-electron chi connectivity index (χ4n) is 2.48. The van der Waals surface area contributed by atoms with Crippen LogP contribution in [0.25, 0.3) is 0 Å². The number of pyridine rings is 1. The van der Waals surface area contributed by atoms with E-state index < -0.39 is 23.7 Å². The highest BCUT2D eigenvalue weighted by Gasteiger charge is 2.32. The second kappa shape index (κ2) is 7.38. The van der Waals surface area contributed by atoms with Crippen LogP contribution in [0.5, 0.6) is 0 Å². The van der Waals surface area contributed by atoms with Crippen LogP contribution in [0, 0.1) is 5.92 Å². The highest BCUT2D eigenvalue weighted by atomic mass is 19.4. The van der Waals surface area contributed by atoms with Crippen molar-refractivity contribution in [3.63, 3.8) is 0 Å². The van der Waals surface area contributed by atoms with Crippen LogP contribution in [0.3, 0.4) is 0 Å². The van der Waals surface area contributed by atoms with Crippen molar-refractivity contribution in [2.75, 3.05) is 26.2 Å². The third kappa shape index (κ3) is 4.47. The van der Waals surface area contributed by atoms with Gasteiger partial charge in [0.25, 0.3) is 5.91 Å². The molecule has 25 heavy (non-hydrogen) atoms. The van der Waals surface area contributed by atoms with E-state index in [2.05, 4.69) is 4.98 Å². The van der Waals surface area contributed by atoms with Crippen LogP contribution < -0.4 is 5.73 Å². The van der Waals surface area contributed by atoms with Gasteiger partial charge in [0, 0.05) is 32.4 Å². The summed E-state index contributed by atoms with van der Waals surface area (Å²) < 4.78 is 37.6. The minimum absolute atomic E-state index is 0.0171. The molecule has 0 aromatic carbocycles. The van der Waals surface area contributed by atoms with Gasteiger partial charge in [-0.15, -0.1) is 0 Å². The molecule has 2 N–H and O–H groups in total. The van der Waals surface area contributed by atoms with Gasteiger partial charge in [-0.2, -0.15) is 13.2 Å². The summed E-state index contributed by atoms with van der Waals surface area (Å²) in [5.41, 5.74) is 4.90. The summed E-state index contributed by atoms with van der Waals surface area (Å²) in [5, 5.41) is 0. The van der Waals surface area contributed by atoms with Crippen LogP contribution in [0.2, 0.25) is 0 Å². The Kier molecular flexibility index (Phi) is 5.66. The molecule has 2 heterocycles. The number of hydrogen-bond donors (Lipinski definition) is 1. The van der Waals surface area contributed by atoms with Crippen molar-refractivity contribution in [2.24, 2.45) is 11.7 Å². The molecule has 2 rings (SSSR count). The molecule has 2 amide bonds. The third-order valence-electron chi connectivity index (χ3n) is 4.19. The molecule has 0 bridgehead atoms. The van der Waals surface area contributed by atoms with Crippen molar-refractivity contribution >= 4 is 11.8 Å². The van der Waals surface area contributed by atoms with E-state index >= 15 is 0 Å². The van der Waals surface area contributed by atoms with Gasteiger partial charge >= 0.3 is 6.18 Å². The van der Waals surface area contributed by atoms with Crippen LogP contribution in [0.1, 0.15) is 29.9 Å². The topological polar surface area (TPSA) is 79.5 Å². The summed E-state index contributed by atoms with van der Waals surface area (Å²) in [6.45, 7) is 4.98. The number of halogens is 3. The van der Waals surface area contributed by atoms with Crippen molar-refractivity contribution in [3.05, 3.63) is 29.6 Å². The molecule has 1 fully saturated rings. The van der Waals surface area contributed by atoms with E-state index in [1.54, 1.807) is 4.90 Å². The van der Waals surface area contributed by atoms with Crippen LogP contribution in [-0.4, -0.2) is 58.8 Å². The van der Waals surface area contributed by atoms with Gasteiger partial charge in [0.1, 0.15) is 5.69 Å². The Morgan fingerprint density at radius 2 is 1.68 bits per heavy atom. The van der Waals surface area contributed by atoms with Gasteiger partial charge in [-0.1, -0.05) is 13.8 Å². The Labute approximate surface area is 143 Å². The molecule has 0 aliphatic carbocycles. The maximum absolute atomic E-state index is 12.5. The Morgan fingerprint density at radius 1 is 1.12 bits per heavy atom. The van der Waals surface area contributed by atoms with Gasteiger partial charge in [-0.3, -0.25) is 14.6 Å². The van der Waals surface area contributed by atoms with Gasteiger partial charge in [-0.05, 0) is 18.1 Å². The number of nitrogens with two attached hydrogens (primary N) is 1. The normalized spacial score (nSPS) is 16.9. The minimum atomic E-state index is -4.49. The van der Waals surface area contributed by atoms with Crippen molar-refractivity contribution in [2.45, 2.75) is 26.1 Å². The molecule has 1 aromatic heterocycles. The Balaban J connectivity index is 1.96. The van der Waals surface area contributed by atoms with Gasteiger partial charge in [0.2, 0.25) is 5.91 Å². The number of carbonyl (C=O) groups excluding carboxylic acids is 2. The van der Waals surface area contributed by atoms with Crippen LogP contribution in [-0.2, 0) is 11.0 Å². The van der Waals surface area contributed by atoms with E-state index in [9.17, 15) is 22.8 Å². The van der Waals surface area contributed by atoms with Crippen LogP contribution in [0.15, 0.2) is 18.3 Å². The number of carbonyl (C=O) groups is 2. The molecule has 138 valence electrons. The molecule has 0 radical (unpaired) electrons. The molecular weight excluding hydrogens is 337 g/mol. The van der Waals surface area contributed by atoms with Gasteiger partial charge in [-0.25, -0.2) is 0 Å². The Bertz CT molecular complexity index is 623. The molecule has 0 spiro atoms. The molecular formula is C16H21F3N4O2. The van der Waals surface area contributed by atoms with E-state index in [0.717, 1.165) is 12.1 Å². The first-order valence-corrected chi connectivity index (χ1v) is 7.98. The average Bonchev–Trinajstić information content (AvgIpc) is 2.59. The second-order valence-corrected chi connectivity index (χ2v) is 6.32. The van der Waals surface area contributed by atoms with Crippen LogP contribution >= 0.6 is 0 Å². The summed E-state index contributed by atoms with van der Waals surface area (Å²) in [6, 6.07) is 1.32. The Morgan fingerprint density at radius 3 is 2.12 bits per heavy atom. The largest absolute Gasteiger partial charge is 0.417 e. The summed E-state index contributed by atoms with van der Waals surface area (Å²) in [5.74, 6) is -0.591. The quantitative estimate of drug-likeness (QED) is 0.885. The molecule has 1 atom stereocenters. The van der Waals surface area contributed by atoms with E-state index in [1.807, 2.05) is 13.8 Å². The fourth-order valence-corrected chi connectivity index (χ4v) is 2.48. The molecule has 9 heteroatoms. The van der Waals surface area contributed by atoms with Gasteiger partial charge in [0.15, 0.2) is 0 Å². The number of aromatic nitrogens is 1. The molecule has 1 aromatic rings. The maximum Gasteiger partial charge on any atom is 0.417 e. The van der Waals surface area contributed by atoms with Crippen LogP contribution in [0.4, 0.5) is 13.2 Å². The smallest absolute Gasteiger partial charge is 0.338 e. The first-order valence-electron chi connectivity index (χ1n) is 7.98. The molecule has 0 unspecified atom stereocenters. The van der Waals surface area contributed by atoms with Crippen molar-refractivity contribution < 1.29 is 22.8 Å². The van der Waals surface area contributed by atoms with Crippen molar-refractivity contribution in [3.8, 4) is 0 Å².